The molecule has 1 fully saturated rings. The van der Waals surface area contributed by atoms with Gasteiger partial charge in [-0.25, -0.2) is 4.79 Å². The summed E-state index contributed by atoms with van der Waals surface area (Å²) in [6, 6.07) is 12.4. The van der Waals surface area contributed by atoms with E-state index in [1.54, 1.807) is 12.1 Å². The Balaban J connectivity index is 1.51. The zero-order chi connectivity index (χ0) is 23.1. The highest BCUT2D eigenvalue weighted by molar-refractivity contribution is 5.97. The van der Waals surface area contributed by atoms with E-state index >= 15 is 0 Å². The number of aryl methyl sites for hydroxylation is 1. The predicted molar refractivity (Wildman–Crippen MR) is 109 cm³/mol. The molecule has 0 aliphatic heterocycles. The third kappa shape index (κ3) is 4.06. The molecule has 4 rings (SSSR count). The number of amides is 2. The van der Waals surface area contributed by atoms with Crippen molar-refractivity contribution in [1.82, 2.24) is 10.6 Å². The maximum absolute atomic E-state index is 12.7. The summed E-state index contributed by atoms with van der Waals surface area (Å²) < 4.78 is 42.6. The number of benzene rings is 2. The summed E-state index contributed by atoms with van der Waals surface area (Å²) in [5.74, 6) is -3.15. The summed E-state index contributed by atoms with van der Waals surface area (Å²) in [5.41, 5.74) is 2.35. The smallest absolute Gasteiger partial charge is 0.465 e. The average molecular weight is 446 g/mol. The maximum atomic E-state index is 12.7. The molecule has 2 N–H and O–H groups in total. The minimum atomic E-state index is -5.04. The lowest BCUT2D eigenvalue weighted by molar-refractivity contribution is -0.175. The molecule has 6 nitrogen and oxygen atoms in total. The van der Waals surface area contributed by atoms with Crippen molar-refractivity contribution < 1.29 is 32.3 Å². The normalized spacial score (nSPS) is 18.4. The Morgan fingerprint density at radius 3 is 2.47 bits per heavy atom. The summed E-state index contributed by atoms with van der Waals surface area (Å²) in [4.78, 5) is 36.0. The first kappa shape index (κ1) is 21.9. The fourth-order valence-electron chi connectivity index (χ4n) is 4.08. The number of esters is 1. The highest BCUT2D eigenvalue weighted by Gasteiger charge is 2.55. The van der Waals surface area contributed by atoms with Crippen molar-refractivity contribution in [2.75, 3.05) is 7.11 Å². The zero-order valence-electron chi connectivity index (χ0n) is 17.2. The van der Waals surface area contributed by atoms with Crippen LogP contribution in [0.2, 0.25) is 0 Å². The van der Waals surface area contributed by atoms with Crippen LogP contribution in [0, 0.1) is 0 Å². The second kappa shape index (κ2) is 7.96. The van der Waals surface area contributed by atoms with Crippen LogP contribution in [-0.2, 0) is 20.7 Å². The third-order valence-electron chi connectivity index (χ3n) is 5.96. The molecule has 0 spiro atoms. The number of carbonyl (C=O) groups excluding carboxylic acids is 3. The molecule has 1 unspecified atom stereocenters. The second-order valence-corrected chi connectivity index (χ2v) is 8.05. The van der Waals surface area contributed by atoms with E-state index in [9.17, 15) is 27.6 Å². The number of nitrogens with one attached hydrogen (secondary N) is 2. The van der Waals surface area contributed by atoms with Crippen LogP contribution in [0.4, 0.5) is 13.2 Å². The van der Waals surface area contributed by atoms with Gasteiger partial charge in [-0.3, -0.25) is 9.59 Å². The second-order valence-electron chi connectivity index (χ2n) is 8.05. The minimum absolute atomic E-state index is 0.170. The van der Waals surface area contributed by atoms with Crippen LogP contribution in [-0.4, -0.2) is 36.6 Å². The quantitative estimate of drug-likeness (QED) is 0.689. The zero-order valence-corrected chi connectivity index (χ0v) is 17.2. The van der Waals surface area contributed by atoms with Gasteiger partial charge in [0.05, 0.1) is 18.7 Å². The number of ether oxygens (including phenoxy) is 1. The number of fused-ring (bicyclic) bond motifs is 1. The third-order valence-corrected chi connectivity index (χ3v) is 5.96. The molecule has 0 heterocycles. The molecule has 1 saturated carbocycles. The number of carbonyl (C=O) groups is 3. The van der Waals surface area contributed by atoms with Gasteiger partial charge in [0.15, 0.2) is 0 Å². The van der Waals surface area contributed by atoms with Gasteiger partial charge in [0.2, 0.25) is 5.91 Å². The Hall–Kier alpha value is -3.36. The molecule has 0 aromatic heterocycles. The van der Waals surface area contributed by atoms with Gasteiger partial charge in [-0.05, 0) is 54.0 Å². The van der Waals surface area contributed by atoms with Crippen LogP contribution in [0.5, 0.6) is 0 Å². The molecule has 1 atom stereocenters. The number of alkyl halides is 3. The Labute approximate surface area is 182 Å². The Kier molecular flexibility index (Phi) is 5.44. The lowest BCUT2D eigenvalue weighted by Gasteiger charge is -2.21. The lowest BCUT2D eigenvalue weighted by atomic mass is 9.96. The summed E-state index contributed by atoms with van der Waals surface area (Å²) in [5, 5.41) is 4.64. The predicted octanol–water partition coefficient (Wildman–Crippen LogP) is 3.45. The summed E-state index contributed by atoms with van der Waals surface area (Å²) in [7, 11) is 1.32. The molecule has 9 heteroatoms. The summed E-state index contributed by atoms with van der Waals surface area (Å²) in [6.45, 7) is 0. The highest BCUT2D eigenvalue weighted by Crippen LogP contribution is 2.40. The first-order valence-electron chi connectivity index (χ1n) is 10.2. The van der Waals surface area contributed by atoms with Crippen molar-refractivity contribution in [3.8, 4) is 11.1 Å². The van der Waals surface area contributed by atoms with Crippen LogP contribution in [0.3, 0.4) is 0 Å². The number of hydrogen-bond donors (Lipinski definition) is 2. The molecule has 0 radical (unpaired) electrons. The lowest BCUT2D eigenvalue weighted by Crippen LogP contribution is -2.53. The van der Waals surface area contributed by atoms with Gasteiger partial charge < -0.3 is 15.4 Å². The molecule has 2 aromatic carbocycles. The van der Waals surface area contributed by atoms with Crippen molar-refractivity contribution in [3.63, 3.8) is 0 Å². The molecule has 2 aliphatic rings. The Bertz CT molecular complexity index is 1090. The van der Waals surface area contributed by atoms with Crippen LogP contribution in [0.1, 0.15) is 46.8 Å². The first-order valence-corrected chi connectivity index (χ1v) is 10.2. The van der Waals surface area contributed by atoms with Gasteiger partial charge in [0, 0.05) is 0 Å². The van der Waals surface area contributed by atoms with E-state index < -0.39 is 29.5 Å². The molecule has 32 heavy (non-hydrogen) atoms. The average Bonchev–Trinajstić information content (AvgIpc) is 3.45. The van der Waals surface area contributed by atoms with Gasteiger partial charge >= 0.3 is 18.1 Å². The molecule has 0 saturated heterocycles. The minimum Gasteiger partial charge on any atom is -0.465 e. The van der Waals surface area contributed by atoms with Crippen LogP contribution < -0.4 is 10.6 Å². The van der Waals surface area contributed by atoms with Gasteiger partial charge in [-0.1, -0.05) is 36.4 Å². The van der Waals surface area contributed by atoms with Crippen LogP contribution in [0.15, 0.2) is 42.5 Å². The van der Waals surface area contributed by atoms with Crippen molar-refractivity contribution in [2.24, 2.45) is 0 Å². The fourth-order valence-corrected chi connectivity index (χ4v) is 4.08. The molecule has 2 aromatic rings. The summed E-state index contributed by atoms with van der Waals surface area (Å²) >= 11 is 0. The number of methoxy groups -OCH3 is 1. The van der Waals surface area contributed by atoms with E-state index in [1.165, 1.54) is 7.11 Å². The molecular weight excluding hydrogens is 425 g/mol. The van der Waals surface area contributed by atoms with Crippen molar-refractivity contribution >= 4 is 17.8 Å². The van der Waals surface area contributed by atoms with E-state index in [4.69, 9.17) is 4.74 Å². The fraction of sp³-hybridized carbons (Fsp3) is 0.348. The highest BCUT2D eigenvalue weighted by atomic mass is 19.4. The van der Waals surface area contributed by atoms with E-state index in [-0.39, 0.29) is 18.9 Å². The monoisotopic (exact) mass is 446 g/mol. The molecule has 2 amide bonds. The number of halogens is 3. The Morgan fingerprint density at radius 2 is 1.81 bits per heavy atom. The molecular formula is C23H21F3N2O4. The standard InChI is InChI=1S/C23H21F3N2O4/c1-32-19(29)17-5-3-2-4-15(17)13-6-8-16-14(12-13)7-9-18(16)27-20(30)22(10-11-22)28-21(31)23(24,25)26/h2-6,8,12,18H,7,9-11H2,1H3,(H,27,30)(H,28,31). The van der Waals surface area contributed by atoms with Crippen molar-refractivity contribution in [1.29, 1.82) is 0 Å². The van der Waals surface area contributed by atoms with Gasteiger partial charge in [-0.15, -0.1) is 0 Å². The maximum Gasteiger partial charge on any atom is 0.471 e. The van der Waals surface area contributed by atoms with Gasteiger partial charge in [-0.2, -0.15) is 13.2 Å². The van der Waals surface area contributed by atoms with E-state index in [2.05, 4.69) is 5.32 Å². The largest absolute Gasteiger partial charge is 0.471 e. The SMILES string of the molecule is COC(=O)c1ccccc1-c1ccc2c(c1)CCC2NC(=O)C1(NC(=O)C(F)(F)F)CC1. The molecule has 168 valence electrons. The van der Waals surface area contributed by atoms with Crippen molar-refractivity contribution in [2.45, 2.75) is 43.4 Å². The van der Waals surface area contributed by atoms with E-state index in [1.807, 2.05) is 35.6 Å². The number of rotatable bonds is 5. The molecule has 0 bridgehead atoms. The van der Waals surface area contributed by atoms with Gasteiger partial charge in [0.25, 0.3) is 0 Å². The summed E-state index contributed by atoms with van der Waals surface area (Å²) in [6.07, 6.45) is -3.44. The van der Waals surface area contributed by atoms with Crippen LogP contribution >= 0.6 is 0 Å². The first-order chi connectivity index (χ1) is 15.1. The Morgan fingerprint density at radius 1 is 1.09 bits per heavy atom. The topological polar surface area (TPSA) is 84.5 Å². The van der Waals surface area contributed by atoms with E-state index in [0.717, 1.165) is 22.3 Å². The van der Waals surface area contributed by atoms with Crippen molar-refractivity contribution in [3.05, 3.63) is 59.2 Å². The number of hydrogen-bond acceptors (Lipinski definition) is 4. The van der Waals surface area contributed by atoms with Crippen LogP contribution in [0.25, 0.3) is 11.1 Å². The van der Waals surface area contributed by atoms with E-state index in [0.29, 0.717) is 18.4 Å². The molecule has 2 aliphatic carbocycles. The van der Waals surface area contributed by atoms with Gasteiger partial charge in [0.1, 0.15) is 5.54 Å².